The first kappa shape index (κ1) is 7.76. The van der Waals surface area contributed by atoms with Gasteiger partial charge in [-0.3, -0.25) is 0 Å². The topological polar surface area (TPSA) is 52.0 Å². The van der Waals surface area contributed by atoms with Gasteiger partial charge in [-0.05, 0) is 38.2 Å². The van der Waals surface area contributed by atoms with E-state index in [1.165, 1.54) is 18.4 Å². The van der Waals surface area contributed by atoms with Crippen molar-refractivity contribution in [2.75, 3.05) is 0 Å². The molecular weight excluding hydrogens is 124 g/mol. The standard InChI is InChI=1S/C8H16N2/c1-8(9,10)7-5-3-2-4-6-7/h5H,2-4,6,9-10H2,1H3. The van der Waals surface area contributed by atoms with Crippen LogP contribution in [-0.2, 0) is 0 Å². The van der Waals surface area contributed by atoms with Gasteiger partial charge in [-0.25, -0.2) is 0 Å². The van der Waals surface area contributed by atoms with Crippen molar-refractivity contribution in [3.8, 4) is 0 Å². The van der Waals surface area contributed by atoms with Crippen LogP contribution in [0.25, 0.3) is 0 Å². The normalized spacial score (nSPS) is 20.5. The van der Waals surface area contributed by atoms with Crippen LogP contribution in [0.2, 0.25) is 0 Å². The van der Waals surface area contributed by atoms with Crippen molar-refractivity contribution >= 4 is 0 Å². The molecule has 10 heavy (non-hydrogen) atoms. The Morgan fingerprint density at radius 2 is 2.10 bits per heavy atom. The van der Waals surface area contributed by atoms with Crippen LogP contribution in [-0.4, -0.2) is 5.66 Å². The van der Waals surface area contributed by atoms with Crippen LogP contribution in [0.5, 0.6) is 0 Å². The number of hydrogen-bond acceptors (Lipinski definition) is 2. The Morgan fingerprint density at radius 1 is 1.40 bits per heavy atom. The Hall–Kier alpha value is -0.340. The van der Waals surface area contributed by atoms with E-state index in [1.54, 1.807) is 0 Å². The summed E-state index contributed by atoms with van der Waals surface area (Å²) in [6, 6.07) is 0. The fraction of sp³-hybridized carbons (Fsp3) is 0.750. The predicted octanol–water partition coefficient (Wildman–Crippen LogP) is 1.12. The summed E-state index contributed by atoms with van der Waals surface area (Å²) in [5.41, 5.74) is 12.1. The summed E-state index contributed by atoms with van der Waals surface area (Å²) < 4.78 is 0. The Labute approximate surface area is 62.3 Å². The third kappa shape index (κ3) is 1.82. The van der Waals surface area contributed by atoms with E-state index in [1.807, 2.05) is 6.92 Å². The van der Waals surface area contributed by atoms with Crippen molar-refractivity contribution in [1.82, 2.24) is 0 Å². The summed E-state index contributed by atoms with van der Waals surface area (Å²) in [4.78, 5) is 0. The summed E-state index contributed by atoms with van der Waals surface area (Å²) in [6.07, 6.45) is 6.96. The minimum Gasteiger partial charge on any atom is -0.310 e. The van der Waals surface area contributed by atoms with Gasteiger partial charge >= 0.3 is 0 Å². The van der Waals surface area contributed by atoms with E-state index in [-0.39, 0.29) is 0 Å². The summed E-state index contributed by atoms with van der Waals surface area (Å²) in [5.74, 6) is 0. The van der Waals surface area contributed by atoms with Gasteiger partial charge in [-0.1, -0.05) is 6.08 Å². The molecule has 2 nitrogen and oxygen atoms in total. The van der Waals surface area contributed by atoms with Gasteiger partial charge in [0.25, 0.3) is 0 Å². The van der Waals surface area contributed by atoms with Crippen LogP contribution in [0.15, 0.2) is 11.6 Å². The van der Waals surface area contributed by atoms with Crippen molar-refractivity contribution in [3.63, 3.8) is 0 Å². The van der Waals surface area contributed by atoms with E-state index in [0.717, 1.165) is 12.8 Å². The van der Waals surface area contributed by atoms with Crippen molar-refractivity contribution in [3.05, 3.63) is 11.6 Å². The molecular formula is C8H16N2. The molecule has 0 aromatic carbocycles. The largest absolute Gasteiger partial charge is 0.310 e. The summed E-state index contributed by atoms with van der Waals surface area (Å²) in [7, 11) is 0. The maximum atomic E-state index is 5.72. The van der Waals surface area contributed by atoms with E-state index >= 15 is 0 Å². The smallest absolute Gasteiger partial charge is 0.0829 e. The molecule has 0 amide bonds. The van der Waals surface area contributed by atoms with E-state index in [0.29, 0.717) is 0 Å². The Bertz CT molecular complexity index is 142. The highest BCUT2D eigenvalue weighted by molar-refractivity contribution is 5.16. The molecule has 0 aliphatic heterocycles. The molecule has 0 saturated carbocycles. The van der Waals surface area contributed by atoms with Gasteiger partial charge in [0.1, 0.15) is 0 Å². The zero-order valence-electron chi connectivity index (χ0n) is 6.56. The quantitative estimate of drug-likeness (QED) is 0.423. The molecule has 0 unspecified atom stereocenters. The summed E-state index contributed by atoms with van der Waals surface area (Å²) >= 11 is 0. The maximum absolute atomic E-state index is 5.72. The molecule has 1 rings (SSSR count). The van der Waals surface area contributed by atoms with E-state index in [9.17, 15) is 0 Å². The van der Waals surface area contributed by atoms with Crippen LogP contribution in [0.4, 0.5) is 0 Å². The van der Waals surface area contributed by atoms with E-state index in [4.69, 9.17) is 11.5 Å². The van der Waals surface area contributed by atoms with Crippen LogP contribution < -0.4 is 11.5 Å². The fourth-order valence-electron chi connectivity index (χ4n) is 1.33. The second-order valence-electron chi connectivity index (χ2n) is 3.26. The molecule has 0 bridgehead atoms. The average molecular weight is 140 g/mol. The van der Waals surface area contributed by atoms with Crippen molar-refractivity contribution in [2.24, 2.45) is 11.5 Å². The van der Waals surface area contributed by atoms with Crippen LogP contribution in [0.1, 0.15) is 32.6 Å². The van der Waals surface area contributed by atoms with Gasteiger partial charge in [0.2, 0.25) is 0 Å². The third-order valence-corrected chi connectivity index (χ3v) is 1.98. The lowest BCUT2D eigenvalue weighted by atomic mass is 9.91. The molecule has 0 aromatic rings. The first-order valence-electron chi connectivity index (χ1n) is 3.88. The lowest BCUT2D eigenvalue weighted by Crippen LogP contribution is -2.48. The van der Waals surface area contributed by atoms with Crippen molar-refractivity contribution in [2.45, 2.75) is 38.3 Å². The van der Waals surface area contributed by atoms with Gasteiger partial charge in [-0.2, -0.15) is 0 Å². The zero-order chi connectivity index (χ0) is 7.61. The first-order chi connectivity index (χ1) is 4.61. The van der Waals surface area contributed by atoms with Crippen LogP contribution >= 0.6 is 0 Å². The lowest BCUT2D eigenvalue weighted by molar-refractivity contribution is 0.520. The van der Waals surface area contributed by atoms with Gasteiger partial charge < -0.3 is 11.5 Å². The Morgan fingerprint density at radius 3 is 2.40 bits per heavy atom. The average Bonchev–Trinajstić information content (AvgIpc) is 1.88. The Kier molecular flexibility index (Phi) is 2.11. The minimum atomic E-state index is -0.569. The van der Waals surface area contributed by atoms with E-state index in [2.05, 4.69) is 6.08 Å². The molecule has 0 aromatic heterocycles. The number of rotatable bonds is 1. The maximum Gasteiger partial charge on any atom is 0.0829 e. The number of allylic oxidation sites excluding steroid dienone is 1. The molecule has 0 radical (unpaired) electrons. The summed E-state index contributed by atoms with van der Waals surface area (Å²) in [5, 5.41) is 0. The monoisotopic (exact) mass is 140 g/mol. The first-order valence-corrected chi connectivity index (χ1v) is 3.88. The fourth-order valence-corrected chi connectivity index (χ4v) is 1.33. The molecule has 0 heterocycles. The van der Waals surface area contributed by atoms with Crippen LogP contribution in [0, 0.1) is 0 Å². The van der Waals surface area contributed by atoms with Gasteiger partial charge in [0.05, 0.1) is 5.66 Å². The molecule has 1 aliphatic carbocycles. The van der Waals surface area contributed by atoms with Crippen molar-refractivity contribution < 1.29 is 0 Å². The van der Waals surface area contributed by atoms with Crippen molar-refractivity contribution in [1.29, 1.82) is 0 Å². The highest BCUT2D eigenvalue weighted by atomic mass is 14.9. The predicted molar refractivity (Wildman–Crippen MR) is 43.3 cm³/mol. The number of hydrogen-bond donors (Lipinski definition) is 2. The molecule has 0 atom stereocenters. The summed E-state index contributed by atoms with van der Waals surface area (Å²) in [6.45, 7) is 1.87. The molecule has 0 saturated heterocycles. The Balaban J connectivity index is 2.62. The molecule has 58 valence electrons. The van der Waals surface area contributed by atoms with E-state index < -0.39 is 5.66 Å². The van der Waals surface area contributed by atoms with Gasteiger partial charge in [0.15, 0.2) is 0 Å². The van der Waals surface area contributed by atoms with Crippen LogP contribution in [0.3, 0.4) is 0 Å². The highest BCUT2D eigenvalue weighted by Gasteiger charge is 2.18. The number of nitrogens with two attached hydrogens (primary N) is 2. The second kappa shape index (κ2) is 2.72. The van der Waals surface area contributed by atoms with Gasteiger partial charge in [0, 0.05) is 0 Å². The lowest BCUT2D eigenvalue weighted by Gasteiger charge is -2.25. The zero-order valence-corrected chi connectivity index (χ0v) is 6.56. The highest BCUT2D eigenvalue weighted by Crippen LogP contribution is 2.22. The molecule has 4 N–H and O–H groups in total. The second-order valence-corrected chi connectivity index (χ2v) is 3.26. The molecule has 2 heteroatoms. The molecule has 0 fully saturated rings. The third-order valence-electron chi connectivity index (χ3n) is 1.98. The molecule has 1 aliphatic rings. The van der Waals surface area contributed by atoms with Gasteiger partial charge in [-0.15, -0.1) is 0 Å². The molecule has 0 spiro atoms. The minimum absolute atomic E-state index is 0.569. The SMILES string of the molecule is CC(N)(N)C1=CCCCC1.